The van der Waals surface area contributed by atoms with Crippen LogP contribution in [0.1, 0.15) is 38.5 Å². The fraction of sp³-hybridized carbons (Fsp3) is 0.867. The van der Waals surface area contributed by atoms with Crippen LogP contribution in [0.15, 0.2) is 12.2 Å². The van der Waals surface area contributed by atoms with Gasteiger partial charge in [0.05, 0.1) is 0 Å². The average molecular weight is 328 g/mol. The quantitative estimate of drug-likeness (QED) is 0.470. The molecule has 16 heavy (non-hydrogen) atoms. The van der Waals surface area contributed by atoms with Crippen molar-refractivity contribution in [3.63, 3.8) is 0 Å². The molecule has 0 N–H and O–H groups in total. The van der Waals surface area contributed by atoms with Crippen LogP contribution >= 0.6 is 0 Å². The fourth-order valence-corrected chi connectivity index (χ4v) is 12.2. The molecule has 1 heteroatoms. The van der Waals surface area contributed by atoms with Crippen molar-refractivity contribution in [2.75, 3.05) is 0 Å². The van der Waals surface area contributed by atoms with Crippen molar-refractivity contribution in [2.45, 2.75) is 46.0 Å². The van der Waals surface area contributed by atoms with E-state index in [-0.39, 0.29) is 0 Å². The first kappa shape index (κ1) is 9.46. The van der Waals surface area contributed by atoms with Gasteiger partial charge in [0.1, 0.15) is 0 Å². The number of fused-ring (bicyclic) bond motifs is 2. The molecule has 0 nitrogen and oxygen atoms in total. The van der Waals surface area contributed by atoms with Gasteiger partial charge in [-0.25, -0.2) is 0 Å². The van der Waals surface area contributed by atoms with Crippen LogP contribution < -0.4 is 0 Å². The van der Waals surface area contributed by atoms with Gasteiger partial charge >= 0.3 is 109 Å². The van der Waals surface area contributed by atoms with E-state index in [0.29, 0.717) is 20.9 Å². The van der Waals surface area contributed by atoms with Crippen LogP contribution in [0.4, 0.5) is 0 Å². The SMILES string of the molecule is C1=CC2CC1[Te]C21C2CC3CC(C2)CC1C3. The average Bonchev–Trinajstić information content (AvgIpc) is 2.85. The Morgan fingerprint density at radius 2 is 1.50 bits per heavy atom. The van der Waals surface area contributed by atoms with Gasteiger partial charge in [0.2, 0.25) is 0 Å². The summed E-state index contributed by atoms with van der Waals surface area (Å²) in [5.41, 5.74) is 0. The van der Waals surface area contributed by atoms with E-state index in [1.165, 1.54) is 23.7 Å². The summed E-state index contributed by atoms with van der Waals surface area (Å²) in [6.07, 6.45) is 15.1. The monoisotopic (exact) mass is 330 g/mol. The van der Waals surface area contributed by atoms with Gasteiger partial charge in [0.25, 0.3) is 0 Å². The molecule has 6 bridgehead atoms. The molecule has 2 atom stereocenters. The van der Waals surface area contributed by atoms with Gasteiger partial charge in [-0.05, 0) is 0 Å². The van der Waals surface area contributed by atoms with Gasteiger partial charge in [0.15, 0.2) is 0 Å². The molecule has 0 aromatic heterocycles. The summed E-state index contributed by atoms with van der Waals surface area (Å²) in [6, 6.07) is 0. The molecule has 0 radical (unpaired) electrons. The topological polar surface area (TPSA) is 0 Å². The van der Waals surface area contributed by atoms with Crippen LogP contribution in [0.2, 0.25) is 7.43 Å². The van der Waals surface area contributed by atoms with Gasteiger partial charge in [-0.3, -0.25) is 0 Å². The zero-order valence-corrected chi connectivity index (χ0v) is 12.1. The summed E-state index contributed by atoms with van der Waals surface area (Å²) in [7, 11) is 0. The summed E-state index contributed by atoms with van der Waals surface area (Å²) in [5, 5.41) is 0. The Balaban J connectivity index is 1.62. The molecule has 0 aromatic rings. The molecule has 86 valence electrons. The van der Waals surface area contributed by atoms with Crippen molar-refractivity contribution >= 4 is 20.9 Å². The molecule has 6 aliphatic rings. The summed E-state index contributed by atoms with van der Waals surface area (Å²) in [5.74, 6) is 5.81. The Hall–Kier alpha value is 0.530. The van der Waals surface area contributed by atoms with E-state index in [4.69, 9.17) is 0 Å². The maximum absolute atomic E-state index is 2.65. The molecule has 2 unspecified atom stereocenters. The first-order valence-corrected chi connectivity index (χ1v) is 9.72. The Labute approximate surface area is 108 Å². The first-order valence-electron chi connectivity index (χ1n) is 7.20. The van der Waals surface area contributed by atoms with Crippen molar-refractivity contribution in [3.05, 3.63) is 12.2 Å². The minimum atomic E-state index is 0.299. The number of hydrogen-bond acceptors (Lipinski definition) is 0. The molecular weight excluding hydrogens is 308 g/mol. The predicted octanol–water partition coefficient (Wildman–Crippen LogP) is 3.68. The second-order valence-electron chi connectivity index (χ2n) is 7.04. The molecule has 1 spiro atoms. The molecule has 5 aliphatic carbocycles. The minimum absolute atomic E-state index is 0.299. The third-order valence-electron chi connectivity index (χ3n) is 6.39. The molecule has 6 rings (SSSR count). The first-order chi connectivity index (χ1) is 7.84. The van der Waals surface area contributed by atoms with Gasteiger partial charge < -0.3 is 0 Å². The van der Waals surface area contributed by atoms with Crippen molar-refractivity contribution in [2.24, 2.45) is 29.6 Å². The van der Waals surface area contributed by atoms with Crippen LogP contribution in [0.5, 0.6) is 0 Å². The van der Waals surface area contributed by atoms with Crippen LogP contribution in [0, 0.1) is 29.6 Å². The normalized spacial score (nSPS) is 65.0. The maximum atomic E-state index is 2.65. The Kier molecular flexibility index (Phi) is 1.72. The van der Waals surface area contributed by atoms with E-state index >= 15 is 0 Å². The predicted molar refractivity (Wildman–Crippen MR) is 66.5 cm³/mol. The van der Waals surface area contributed by atoms with Crippen LogP contribution in [-0.4, -0.2) is 20.9 Å². The van der Waals surface area contributed by atoms with E-state index in [1.54, 1.807) is 38.5 Å². The number of rotatable bonds is 0. The zero-order chi connectivity index (χ0) is 10.3. The second-order valence-corrected chi connectivity index (χ2v) is 11.5. The Morgan fingerprint density at radius 3 is 2.00 bits per heavy atom. The van der Waals surface area contributed by atoms with Crippen molar-refractivity contribution < 1.29 is 0 Å². The van der Waals surface area contributed by atoms with Gasteiger partial charge in [0, 0.05) is 0 Å². The molecule has 1 aliphatic heterocycles. The van der Waals surface area contributed by atoms with Gasteiger partial charge in [-0.15, -0.1) is 0 Å². The summed E-state index contributed by atoms with van der Waals surface area (Å²) in [6.45, 7) is 0. The van der Waals surface area contributed by atoms with E-state index in [2.05, 4.69) is 12.2 Å². The molecule has 1 saturated heterocycles. The van der Waals surface area contributed by atoms with Crippen LogP contribution in [0.25, 0.3) is 0 Å². The molecule has 5 fully saturated rings. The Bertz CT molecular complexity index is 342. The molecule has 0 amide bonds. The van der Waals surface area contributed by atoms with E-state index in [0.717, 1.165) is 13.3 Å². The van der Waals surface area contributed by atoms with Crippen molar-refractivity contribution in [3.8, 4) is 0 Å². The molecule has 4 saturated carbocycles. The third kappa shape index (κ3) is 0.964. The third-order valence-corrected chi connectivity index (χ3v) is 12.2. The molecule has 1 heterocycles. The van der Waals surface area contributed by atoms with E-state index in [9.17, 15) is 0 Å². The van der Waals surface area contributed by atoms with E-state index < -0.39 is 0 Å². The summed E-state index contributed by atoms with van der Waals surface area (Å²) < 4.78 is 2.07. The zero-order valence-electron chi connectivity index (χ0n) is 9.77. The van der Waals surface area contributed by atoms with Crippen LogP contribution in [0.3, 0.4) is 0 Å². The van der Waals surface area contributed by atoms with E-state index in [1.807, 2.05) is 0 Å². The Morgan fingerprint density at radius 1 is 0.812 bits per heavy atom. The fourth-order valence-electron chi connectivity index (χ4n) is 6.16. The molecule has 0 aromatic carbocycles. The number of hydrogen-bond donors (Lipinski definition) is 0. The van der Waals surface area contributed by atoms with Crippen molar-refractivity contribution in [1.82, 2.24) is 0 Å². The number of allylic oxidation sites excluding steroid dienone is 2. The molecular formula is C15H20Te. The van der Waals surface area contributed by atoms with Gasteiger partial charge in [-0.2, -0.15) is 0 Å². The standard InChI is InChI=1S/C15H20Te/c1-2-14-8-11(1)15(16-14)12-4-9-3-10(6-12)7-13(15)5-9/h1-2,9-14H,3-8H2. The van der Waals surface area contributed by atoms with Crippen molar-refractivity contribution in [1.29, 1.82) is 0 Å². The van der Waals surface area contributed by atoms with Crippen LogP contribution in [-0.2, 0) is 0 Å². The second kappa shape index (κ2) is 2.92. The summed E-state index contributed by atoms with van der Waals surface area (Å²) >= 11 is 0.299. The summed E-state index contributed by atoms with van der Waals surface area (Å²) in [4.78, 5) is 0. The van der Waals surface area contributed by atoms with Gasteiger partial charge in [-0.1, -0.05) is 0 Å².